The highest BCUT2D eigenvalue weighted by molar-refractivity contribution is 9.10. The van der Waals surface area contributed by atoms with Crippen molar-refractivity contribution in [3.05, 3.63) is 28.2 Å². The Kier molecular flexibility index (Phi) is 5.39. The minimum absolute atomic E-state index is 0.0660. The Hall–Kier alpha value is -1.58. The quantitative estimate of drug-likeness (QED) is 0.881. The molecular formula is C14H16BrN3O2. The Bertz CT molecular complexity index is 522. The van der Waals surface area contributed by atoms with Gasteiger partial charge in [0.2, 0.25) is 5.91 Å². The van der Waals surface area contributed by atoms with E-state index in [0.717, 1.165) is 17.3 Å². The number of nitrogens with one attached hydrogen (secondary N) is 2. The lowest BCUT2D eigenvalue weighted by Gasteiger charge is -2.23. The first-order chi connectivity index (χ1) is 9.69. The third-order valence-electron chi connectivity index (χ3n) is 3.13. The summed E-state index contributed by atoms with van der Waals surface area (Å²) in [7, 11) is 0. The predicted octanol–water partition coefficient (Wildman–Crippen LogP) is 2.03. The molecule has 2 N–H and O–H groups in total. The predicted molar refractivity (Wildman–Crippen MR) is 79.3 cm³/mol. The van der Waals surface area contributed by atoms with Gasteiger partial charge in [0.1, 0.15) is 6.07 Å². The van der Waals surface area contributed by atoms with E-state index in [1.165, 1.54) is 0 Å². The number of nitriles is 1. The molecule has 0 atom stereocenters. The summed E-state index contributed by atoms with van der Waals surface area (Å²) in [4.78, 5) is 11.8. The fraction of sp³-hybridized carbons (Fsp3) is 0.429. The zero-order valence-corrected chi connectivity index (χ0v) is 12.6. The maximum Gasteiger partial charge on any atom is 0.239 e. The number of halogens is 1. The first kappa shape index (κ1) is 14.8. The summed E-state index contributed by atoms with van der Waals surface area (Å²) in [6.07, 6.45) is 1.71. The van der Waals surface area contributed by atoms with E-state index < -0.39 is 0 Å². The number of anilines is 1. The van der Waals surface area contributed by atoms with Gasteiger partial charge >= 0.3 is 0 Å². The van der Waals surface area contributed by atoms with Crippen molar-refractivity contribution in [3.63, 3.8) is 0 Å². The molecule has 0 saturated carbocycles. The van der Waals surface area contributed by atoms with Crippen molar-refractivity contribution in [2.45, 2.75) is 18.9 Å². The summed E-state index contributed by atoms with van der Waals surface area (Å²) in [5.74, 6) is -0.0660. The zero-order chi connectivity index (χ0) is 14.4. The van der Waals surface area contributed by atoms with Gasteiger partial charge in [0.05, 0.1) is 17.8 Å². The molecule has 1 aliphatic rings. The molecule has 5 nitrogen and oxygen atoms in total. The van der Waals surface area contributed by atoms with Crippen molar-refractivity contribution in [1.82, 2.24) is 5.32 Å². The third-order valence-corrected chi connectivity index (χ3v) is 3.62. The highest BCUT2D eigenvalue weighted by Crippen LogP contribution is 2.19. The Labute approximate surface area is 126 Å². The second kappa shape index (κ2) is 7.27. The number of rotatable bonds is 4. The Morgan fingerprint density at radius 2 is 2.20 bits per heavy atom. The summed E-state index contributed by atoms with van der Waals surface area (Å²) in [6, 6.07) is 7.63. The molecule has 0 spiro atoms. The monoisotopic (exact) mass is 337 g/mol. The standard InChI is InChI=1S/C14H16BrN3O2/c15-11-1-2-13(10(7-11)8-16)17-9-14(19)18-12-3-5-20-6-4-12/h1-2,7,12,17H,3-6,9H2,(H,18,19). The molecule has 1 saturated heterocycles. The molecule has 0 aliphatic carbocycles. The smallest absolute Gasteiger partial charge is 0.239 e. The van der Waals surface area contributed by atoms with Crippen LogP contribution in [0.15, 0.2) is 22.7 Å². The molecule has 1 heterocycles. The Balaban J connectivity index is 1.85. The van der Waals surface area contributed by atoms with E-state index in [9.17, 15) is 4.79 Å². The van der Waals surface area contributed by atoms with Crippen LogP contribution >= 0.6 is 15.9 Å². The van der Waals surface area contributed by atoms with Crippen LogP contribution in [0.1, 0.15) is 18.4 Å². The van der Waals surface area contributed by atoms with Crippen molar-refractivity contribution in [1.29, 1.82) is 5.26 Å². The number of ether oxygens (including phenoxy) is 1. The van der Waals surface area contributed by atoms with E-state index in [-0.39, 0.29) is 18.5 Å². The molecule has 106 valence electrons. The SMILES string of the molecule is N#Cc1cc(Br)ccc1NCC(=O)NC1CCOCC1. The van der Waals surface area contributed by atoms with Crippen molar-refractivity contribution in [2.75, 3.05) is 25.1 Å². The lowest BCUT2D eigenvalue weighted by Crippen LogP contribution is -2.41. The van der Waals surface area contributed by atoms with Crippen LogP contribution < -0.4 is 10.6 Å². The topological polar surface area (TPSA) is 74.2 Å². The molecule has 2 rings (SSSR count). The summed E-state index contributed by atoms with van der Waals surface area (Å²) in [5, 5.41) is 15.0. The molecule has 1 fully saturated rings. The highest BCUT2D eigenvalue weighted by atomic mass is 79.9. The third kappa shape index (κ3) is 4.22. The van der Waals surface area contributed by atoms with Crippen LogP contribution in [0.2, 0.25) is 0 Å². The summed E-state index contributed by atoms with van der Waals surface area (Å²) in [6.45, 7) is 1.56. The highest BCUT2D eigenvalue weighted by Gasteiger charge is 2.15. The lowest BCUT2D eigenvalue weighted by molar-refractivity contribution is -0.120. The fourth-order valence-electron chi connectivity index (χ4n) is 2.06. The second-order valence-corrected chi connectivity index (χ2v) is 5.53. The number of benzene rings is 1. The fourth-order valence-corrected chi connectivity index (χ4v) is 2.42. The molecule has 0 radical (unpaired) electrons. The molecule has 1 aromatic carbocycles. The van der Waals surface area contributed by atoms with E-state index in [4.69, 9.17) is 10.00 Å². The maximum absolute atomic E-state index is 11.8. The van der Waals surface area contributed by atoms with Gasteiger partial charge in [0, 0.05) is 23.7 Å². The number of nitrogens with zero attached hydrogens (tertiary/aromatic N) is 1. The van der Waals surface area contributed by atoms with Crippen LogP contribution in [-0.4, -0.2) is 31.7 Å². The van der Waals surface area contributed by atoms with E-state index in [1.54, 1.807) is 12.1 Å². The first-order valence-corrected chi connectivity index (χ1v) is 7.29. The van der Waals surface area contributed by atoms with E-state index in [2.05, 4.69) is 32.6 Å². The van der Waals surface area contributed by atoms with Gasteiger partial charge in [0.15, 0.2) is 0 Å². The number of hydrogen-bond acceptors (Lipinski definition) is 4. The molecular weight excluding hydrogens is 322 g/mol. The summed E-state index contributed by atoms with van der Waals surface area (Å²) >= 11 is 3.31. The van der Waals surface area contributed by atoms with Crippen LogP contribution in [0.5, 0.6) is 0 Å². The first-order valence-electron chi connectivity index (χ1n) is 6.49. The van der Waals surface area contributed by atoms with Gasteiger partial charge in [0.25, 0.3) is 0 Å². The minimum Gasteiger partial charge on any atom is -0.381 e. The number of carbonyl (C=O) groups excluding carboxylic acids is 1. The number of amides is 1. The Morgan fingerprint density at radius 1 is 1.45 bits per heavy atom. The van der Waals surface area contributed by atoms with Gasteiger partial charge in [-0.05, 0) is 31.0 Å². The second-order valence-electron chi connectivity index (χ2n) is 4.61. The molecule has 0 unspecified atom stereocenters. The maximum atomic E-state index is 11.8. The van der Waals surface area contributed by atoms with Gasteiger partial charge in [-0.3, -0.25) is 4.79 Å². The zero-order valence-electron chi connectivity index (χ0n) is 11.0. The van der Waals surface area contributed by atoms with E-state index in [1.807, 2.05) is 6.07 Å². The number of hydrogen-bond donors (Lipinski definition) is 2. The average molecular weight is 338 g/mol. The van der Waals surface area contributed by atoms with Crippen LogP contribution in [0.3, 0.4) is 0 Å². The molecule has 6 heteroatoms. The lowest BCUT2D eigenvalue weighted by atomic mass is 10.1. The normalized spacial score (nSPS) is 15.4. The van der Waals surface area contributed by atoms with Crippen LogP contribution in [0.25, 0.3) is 0 Å². The molecule has 0 aromatic heterocycles. The van der Waals surface area contributed by atoms with Gasteiger partial charge in [-0.2, -0.15) is 5.26 Å². The van der Waals surface area contributed by atoms with Crippen LogP contribution in [0, 0.1) is 11.3 Å². The van der Waals surface area contributed by atoms with Gasteiger partial charge < -0.3 is 15.4 Å². The molecule has 1 aliphatic heterocycles. The van der Waals surface area contributed by atoms with Crippen molar-refractivity contribution in [2.24, 2.45) is 0 Å². The average Bonchev–Trinajstić information content (AvgIpc) is 2.47. The summed E-state index contributed by atoms with van der Waals surface area (Å²) < 4.78 is 6.08. The molecule has 0 bridgehead atoms. The van der Waals surface area contributed by atoms with Crippen LogP contribution in [0.4, 0.5) is 5.69 Å². The number of carbonyl (C=O) groups is 1. The minimum atomic E-state index is -0.0660. The van der Waals surface area contributed by atoms with E-state index >= 15 is 0 Å². The molecule has 20 heavy (non-hydrogen) atoms. The van der Waals surface area contributed by atoms with Crippen molar-refractivity contribution >= 4 is 27.5 Å². The van der Waals surface area contributed by atoms with Gasteiger partial charge in [-0.25, -0.2) is 0 Å². The van der Waals surface area contributed by atoms with Crippen LogP contribution in [-0.2, 0) is 9.53 Å². The summed E-state index contributed by atoms with van der Waals surface area (Å²) in [5.41, 5.74) is 1.18. The van der Waals surface area contributed by atoms with E-state index in [0.29, 0.717) is 24.5 Å². The molecule has 1 aromatic rings. The molecule has 1 amide bonds. The van der Waals surface area contributed by atoms with Crippen molar-refractivity contribution < 1.29 is 9.53 Å². The largest absolute Gasteiger partial charge is 0.381 e. The van der Waals surface area contributed by atoms with Gasteiger partial charge in [-0.15, -0.1) is 0 Å². The Morgan fingerprint density at radius 3 is 2.90 bits per heavy atom. The van der Waals surface area contributed by atoms with Crippen molar-refractivity contribution in [3.8, 4) is 6.07 Å². The van der Waals surface area contributed by atoms with Gasteiger partial charge in [-0.1, -0.05) is 15.9 Å².